The Kier molecular flexibility index (Phi) is 5.28. The van der Waals surface area contributed by atoms with Crippen LogP contribution < -0.4 is 15.0 Å². The summed E-state index contributed by atoms with van der Waals surface area (Å²) in [6.07, 6.45) is 2.16. The summed E-state index contributed by atoms with van der Waals surface area (Å²) in [6.45, 7) is 2.18. The second-order valence-electron chi connectivity index (χ2n) is 6.96. The number of hydrogen-bond donors (Lipinski definition) is 1. The van der Waals surface area contributed by atoms with E-state index in [4.69, 9.17) is 16.3 Å². The zero-order valence-electron chi connectivity index (χ0n) is 14.6. The van der Waals surface area contributed by atoms with Crippen LogP contribution in [0.4, 0.5) is 15.8 Å². The van der Waals surface area contributed by atoms with Crippen LogP contribution in [0.15, 0.2) is 34.8 Å². The van der Waals surface area contributed by atoms with E-state index in [1.54, 1.807) is 6.07 Å². The van der Waals surface area contributed by atoms with E-state index in [0.29, 0.717) is 41.1 Å². The largest absolute Gasteiger partial charge is 0.493 e. The molecule has 1 N–H and O–H groups in total. The zero-order chi connectivity index (χ0) is 19.0. The minimum absolute atomic E-state index is 0.0622. The van der Waals surface area contributed by atoms with Gasteiger partial charge in [-0.3, -0.25) is 4.79 Å². The van der Waals surface area contributed by atoms with Gasteiger partial charge in [-0.1, -0.05) is 27.5 Å². The topological polar surface area (TPSA) is 41.6 Å². The molecule has 4 rings (SSSR count). The Morgan fingerprint density at radius 3 is 2.78 bits per heavy atom. The first-order valence-electron chi connectivity index (χ1n) is 8.95. The molecular weight excluding hydrogens is 435 g/mol. The van der Waals surface area contributed by atoms with Crippen LogP contribution in [0.2, 0.25) is 5.02 Å². The van der Waals surface area contributed by atoms with E-state index in [9.17, 15) is 9.18 Å². The first-order chi connectivity index (χ1) is 13.0. The minimum atomic E-state index is -0.201. The van der Waals surface area contributed by atoms with Gasteiger partial charge in [-0.05, 0) is 49.1 Å². The third kappa shape index (κ3) is 3.92. The molecule has 0 bridgehead atoms. The average molecular weight is 454 g/mol. The summed E-state index contributed by atoms with van der Waals surface area (Å²) in [6, 6.07) is 8.76. The first kappa shape index (κ1) is 18.6. The van der Waals surface area contributed by atoms with Gasteiger partial charge in [0.05, 0.1) is 29.4 Å². The average Bonchev–Trinajstić information content (AvgIpc) is 3.04. The lowest BCUT2D eigenvalue weighted by Gasteiger charge is -2.33. The molecule has 7 heteroatoms. The third-order valence-electron chi connectivity index (χ3n) is 5.16. The van der Waals surface area contributed by atoms with Gasteiger partial charge in [0.25, 0.3) is 0 Å². The lowest BCUT2D eigenvalue weighted by molar-refractivity contribution is -0.115. The van der Waals surface area contributed by atoms with Crippen molar-refractivity contribution in [3.8, 4) is 5.75 Å². The number of benzene rings is 2. The number of piperidine rings is 1. The molecule has 2 aliphatic heterocycles. The SMILES string of the molecule is O=C1Cc2c(OCC3CCN(c4ccc(Br)cc4F)CC3)ccc(Cl)c2N1. The van der Waals surface area contributed by atoms with Crippen LogP contribution in [0.3, 0.4) is 0 Å². The van der Waals surface area contributed by atoms with Gasteiger partial charge in [-0.25, -0.2) is 4.39 Å². The predicted molar refractivity (Wildman–Crippen MR) is 108 cm³/mol. The molecule has 0 aliphatic carbocycles. The Labute approximate surface area is 170 Å². The molecule has 27 heavy (non-hydrogen) atoms. The highest BCUT2D eigenvalue weighted by molar-refractivity contribution is 9.10. The van der Waals surface area contributed by atoms with Crippen molar-refractivity contribution < 1.29 is 13.9 Å². The maximum absolute atomic E-state index is 14.2. The van der Waals surface area contributed by atoms with Crippen molar-refractivity contribution in [1.29, 1.82) is 0 Å². The number of carbonyl (C=O) groups excluding carboxylic acids is 1. The van der Waals surface area contributed by atoms with Crippen molar-refractivity contribution in [3.05, 3.63) is 51.2 Å². The van der Waals surface area contributed by atoms with Crippen LogP contribution in [-0.2, 0) is 11.2 Å². The molecule has 2 aromatic rings. The molecule has 1 amide bonds. The molecule has 0 unspecified atom stereocenters. The molecule has 2 aliphatic rings. The molecule has 1 saturated heterocycles. The highest BCUT2D eigenvalue weighted by Crippen LogP contribution is 2.38. The normalized spacial score (nSPS) is 17.0. The van der Waals surface area contributed by atoms with Crippen molar-refractivity contribution in [2.24, 2.45) is 5.92 Å². The maximum atomic E-state index is 14.2. The van der Waals surface area contributed by atoms with Crippen LogP contribution >= 0.6 is 27.5 Å². The third-order valence-corrected chi connectivity index (χ3v) is 5.97. The van der Waals surface area contributed by atoms with E-state index in [1.165, 1.54) is 6.07 Å². The second-order valence-corrected chi connectivity index (χ2v) is 8.28. The highest BCUT2D eigenvalue weighted by Gasteiger charge is 2.26. The molecule has 2 heterocycles. The van der Waals surface area contributed by atoms with Gasteiger partial charge in [-0.2, -0.15) is 0 Å². The van der Waals surface area contributed by atoms with Crippen LogP contribution in [-0.4, -0.2) is 25.6 Å². The summed E-state index contributed by atoms with van der Waals surface area (Å²) in [7, 11) is 0. The Morgan fingerprint density at radius 1 is 1.26 bits per heavy atom. The molecule has 1 fully saturated rings. The van der Waals surface area contributed by atoms with Gasteiger partial charge < -0.3 is 15.0 Å². The number of rotatable bonds is 4. The van der Waals surface area contributed by atoms with Crippen molar-refractivity contribution >= 4 is 44.8 Å². The van der Waals surface area contributed by atoms with Gasteiger partial charge in [-0.15, -0.1) is 0 Å². The summed E-state index contributed by atoms with van der Waals surface area (Å²) in [5, 5.41) is 3.32. The van der Waals surface area contributed by atoms with Gasteiger partial charge in [0.2, 0.25) is 5.91 Å². The lowest BCUT2D eigenvalue weighted by atomic mass is 9.97. The van der Waals surface area contributed by atoms with Gasteiger partial charge in [0, 0.05) is 23.1 Å². The fraction of sp³-hybridized carbons (Fsp3) is 0.350. The Bertz CT molecular complexity index is 885. The van der Waals surface area contributed by atoms with Gasteiger partial charge in [0.15, 0.2) is 0 Å². The molecule has 0 aromatic heterocycles. The quantitative estimate of drug-likeness (QED) is 0.706. The number of ether oxygens (including phenoxy) is 1. The van der Waals surface area contributed by atoms with E-state index in [-0.39, 0.29) is 11.7 Å². The van der Waals surface area contributed by atoms with Crippen molar-refractivity contribution in [3.63, 3.8) is 0 Å². The highest BCUT2D eigenvalue weighted by atomic mass is 79.9. The van der Waals surface area contributed by atoms with E-state index in [1.807, 2.05) is 18.2 Å². The van der Waals surface area contributed by atoms with E-state index < -0.39 is 0 Å². The summed E-state index contributed by atoms with van der Waals surface area (Å²) in [4.78, 5) is 13.7. The standard InChI is InChI=1S/C20H19BrClFN2O2/c21-13-1-3-17(16(23)9-13)25-7-5-12(6-8-25)11-27-18-4-2-15(22)20-14(18)10-19(26)24-20/h1-4,9,12H,5-8,10-11H2,(H,24,26). The Morgan fingerprint density at radius 2 is 2.04 bits per heavy atom. The van der Waals surface area contributed by atoms with Crippen molar-refractivity contribution in [2.45, 2.75) is 19.3 Å². The fourth-order valence-corrected chi connectivity index (χ4v) is 4.23. The van der Waals surface area contributed by atoms with Crippen LogP contribution in [0.1, 0.15) is 18.4 Å². The summed E-state index contributed by atoms with van der Waals surface area (Å²) in [5.74, 6) is 0.853. The zero-order valence-corrected chi connectivity index (χ0v) is 16.9. The lowest BCUT2D eigenvalue weighted by Crippen LogP contribution is -2.36. The smallest absolute Gasteiger partial charge is 0.229 e. The molecule has 2 aromatic carbocycles. The van der Waals surface area contributed by atoms with E-state index in [2.05, 4.69) is 26.1 Å². The number of hydrogen-bond acceptors (Lipinski definition) is 3. The fourth-order valence-electron chi connectivity index (χ4n) is 3.68. The Balaban J connectivity index is 1.36. The summed E-state index contributed by atoms with van der Waals surface area (Å²) >= 11 is 9.44. The number of anilines is 2. The number of carbonyl (C=O) groups is 1. The predicted octanol–water partition coefficient (Wildman–Crippen LogP) is 5.03. The number of fused-ring (bicyclic) bond motifs is 1. The van der Waals surface area contributed by atoms with Crippen LogP contribution in [0.25, 0.3) is 0 Å². The second kappa shape index (κ2) is 7.68. The minimum Gasteiger partial charge on any atom is -0.493 e. The first-order valence-corrected chi connectivity index (χ1v) is 10.1. The summed E-state index contributed by atoms with van der Waals surface area (Å²) < 4.78 is 20.9. The molecule has 0 saturated carbocycles. The number of nitrogens with zero attached hydrogens (tertiary/aromatic N) is 1. The molecule has 0 spiro atoms. The molecule has 0 atom stereocenters. The monoisotopic (exact) mass is 452 g/mol. The Hall–Kier alpha value is -1.79. The van der Waals surface area contributed by atoms with Crippen LogP contribution in [0.5, 0.6) is 5.75 Å². The van der Waals surface area contributed by atoms with Gasteiger partial charge in [0.1, 0.15) is 11.6 Å². The van der Waals surface area contributed by atoms with Gasteiger partial charge >= 0.3 is 0 Å². The van der Waals surface area contributed by atoms with E-state index in [0.717, 1.165) is 36.0 Å². The summed E-state index contributed by atoms with van der Waals surface area (Å²) in [5.41, 5.74) is 2.15. The number of amides is 1. The molecule has 142 valence electrons. The molecule has 0 radical (unpaired) electrons. The maximum Gasteiger partial charge on any atom is 0.229 e. The van der Waals surface area contributed by atoms with E-state index >= 15 is 0 Å². The van der Waals surface area contributed by atoms with Crippen molar-refractivity contribution in [1.82, 2.24) is 0 Å². The van der Waals surface area contributed by atoms with Crippen molar-refractivity contribution in [2.75, 3.05) is 29.9 Å². The molecule has 4 nitrogen and oxygen atoms in total. The number of nitrogens with one attached hydrogen (secondary N) is 1. The van der Waals surface area contributed by atoms with Crippen LogP contribution in [0, 0.1) is 11.7 Å². The molecular formula is C20H19BrClFN2O2. The number of halogens is 3.